The third-order valence-corrected chi connectivity index (χ3v) is 5.63. The second kappa shape index (κ2) is 9.32. The van der Waals surface area contributed by atoms with Crippen LogP contribution in [0.1, 0.15) is 12.5 Å². The number of carbonyl (C=O) groups excluding carboxylic acids is 2. The molecule has 2 aliphatic rings. The van der Waals surface area contributed by atoms with E-state index in [0.717, 1.165) is 18.8 Å². The molecule has 162 valence electrons. The Morgan fingerprint density at radius 1 is 0.903 bits per heavy atom. The van der Waals surface area contributed by atoms with Gasteiger partial charge in [0.2, 0.25) is 0 Å². The average Bonchev–Trinajstić information content (AvgIpc) is 3.06. The number of imide groups is 1. The zero-order chi connectivity index (χ0) is 21.8. The molecule has 0 saturated carbocycles. The van der Waals surface area contributed by atoms with E-state index in [4.69, 9.17) is 4.74 Å². The maximum Gasteiger partial charge on any atom is 0.282 e. The summed E-state index contributed by atoms with van der Waals surface area (Å²) in [5.74, 6) is 0.117. The van der Waals surface area contributed by atoms with Crippen LogP contribution in [-0.4, -0.2) is 72.7 Å². The summed E-state index contributed by atoms with van der Waals surface area (Å²) in [6, 6.07) is 16.4. The van der Waals surface area contributed by atoms with Crippen molar-refractivity contribution in [2.45, 2.75) is 6.92 Å². The number of anilines is 1. The van der Waals surface area contributed by atoms with Crippen LogP contribution in [0.4, 0.5) is 5.69 Å². The number of para-hydroxylation sites is 1. The van der Waals surface area contributed by atoms with Crippen molar-refractivity contribution in [3.63, 3.8) is 0 Å². The Morgan fingerprint density at radius 2 is 1.58 bits per heavy atom. The summed E-state index contributed by atoms with van der Waals surface area (Å²) in [4.78, 5) is 32.4. The van der Waals surface area contributed by atoms with Crippen LogP contribution in [-0.2, 0) is 9.59 Å². The lowest BCUT2D eigenvalue weighted by Gasteiger charge is -2.36. The number of aliphatic hydroxyl groups is 1. The predicted molar refractivity (Wildman–Crippen MR) is 119 cm³/mol. The molecule has 2 amide bonds. The number of carbonyl (C=O) groups is 2. The van der Waals surface area contributed by atoms with Gasteiger partial charge in [0, 0.05) is 32.7 Å². The van der Waals surface area contributed by atoms with E-state index in [1.54, 1.807) is 12.1 Å². The molecule has 0 unspecified atom stereocenters. The molecular weight excluding hydrogens is 394 g/mol. The first kappa shape index (κ1) is 21.1. The van der Waals surface area contributed by atoms with Gasteiger partial charge in [0.1, 0.15) is 11.4 Å². The Hall–Kier alpha value is -3.16. The van der Waals surface area contributed by atoms with Crippen LogP contribution in [0.3, 0.4) is 0 Å². The molecule has 2 aromatic carbocycles. The molecule has 0 radical (unpaired) electrons. The van der Waals surface area contributed by atoms with Crippen LogP contribution in [0.25, 0.3) is 5.57 Å². The van der Waals surface area contributed by atoms with Crippen molar-refractivity contribution in [2.24, 2.45) is 0 Å². The van der Waals surface area contributed by atoms with Gasteiger partial charge in [-0.1, -0.05) is 30.3 Å². The van der Waals surface area contributed by atoms with Gasteiger partial charge in [-0.05, 0) is 36.8 Å². The number of hydrogen-bond acceptors (Lipinski definition) is 6. The second-order valence-corrected chi connectivity index (χ2v) is 7.51. The third kappa shape index (κ3) is 4.19. The first-order valence-electron chi connectivity index (χ1n) is 10.6. The van der Waals surface area contributed by atoms with Gasteiger partial charge in [0.05, 0.1) is 24.5 Å². The first-order valence-corrected chi connectivity index (χ1v) is 10.6. The Morgan fingerprint density at radius 3 is 2.19 bits per heavy atom. The van der Waals surface area contributed by atoms with Gasteiger partial charge < -0.3 is 14.7 Å². The molecular formula is C24H27N3O4. The number of amides is 2. The third-order valence-electron chi connectivity index (χ3n) is 5.63. The lowest BCUT2D eigenvalue weighted by atomic mass is 10.0. The van der Waals surface area contributed by atoms with Gasteiger partial charge in [-0.25, -0.2) is 4.90 Å². The fourth-order valence-electron chi connectivity index (χ4n) is 4.10. The van der Waals surface area contributed by atoms with E-state index in [9.17, 15) is 14.7 Å². The summed E-state index contributed by atoms with van der Waals surface area (Å²) in [6.07, 6.45) is 0. The molecule has 31 heavy (non-hydrogen) atoms. The van der Waals surface area contributed by atoms with Crippen LogP contribution >= 0.6 is 0 Å². The summed E-state index contributed by atoms with van der Waals surface area (Å²) in [6.45, 7) is 5.91. The van der Waals surface area contributed by atoms with Crippen LogP contribution in [0, 0.1) is 0 Å². The highest BCUT2D eigenvalue weighted by molar-refractivity contribution is 6.45. The van der Waals surface area contributed by atoms with E-state index in [-0.39, 0.29) is 18.4 Å². The summed E-state index contributed by atoms with van der Waals surface area (Å²) >= 11 is 0. The molecule has 2 heterocycles. The van der Waals surface area contributed by atoms with Gasteiger partial charge in [-0.2, -0.15) is 0 Å². The molecule has 2 aromatic rings. The first-order chi connectivity index (χ1) is 15.1. The van der Waals surface area contributed by atoms with Gasteiger partial charge in [-0.15, -0.1) is 0 Å². The molecule has 7 heteroatoms. The van der Waals surface area contributed by atoms with E-state index in [2.05, 4.69) is 4.90 Å². The van der Waals surface area contributed by atoms with Gasteiger partial charge in [0.15, 0.2) is 0 Å². The monoisotopic (exact) mass is 421 g/mol. The average molecular weight is 421 g/mol. The molecule has 1 saturated heterocycles. The molecule has 2 aliphatic heterocycles. The number of hydrogen-bond donors (Lipinski definition) is 1. The lowest BCUT2D eigenvalue weighted by Crippen LogP contribution is -2.48. The summed E-state index contributed by atoms with van der Waals surface area (Å²) in [5, 5.41) is 9.20. The molecule has 0 bridgehead atoms. The Bertz CT molecular complexity index is 964. The van der Waals surface area contributed by atoms with Crippen molar-refractivity contribution >= 4 is 23.1 Å². The van der Waals surface area contributed by atoms with E-state index in [0.29, 0.717) is 48.8 Å². The Balaban J connectivity index is 1.71. The molecule has 0 aliphatic carbocycles. The van der Waals surface area contributed by atoms with Crippen molar-refractivity contribution in [2.75, 3.05) is 50.8 Å². The zero-order valence-corrected chi connectivity index (χ0v) is 17.7. The fourth-order valence-corrected chi connectivity index (χ4v) is 4.10. The minimum absolute atomic E-state index is 0.110. The van der Waals surface area contributed by atoms with Gasteiger partial charge in [0.25, 0.3) is 11.8 Å². The van der Waals surface area contributed by atoms with Crippen LogP contribution in [0.2, 0.25) is 0 Å². The minimum atomic E-state index is -0.312. The number of ether oxygens (including phenoxy) is 1. The molecule has 0 spiro atoms. The van der Waals surface area contributed by atoms with Crippen molar-refractivity contribution < 1.29 is 19.4 Å². The molecule has 1 N–H and O–H groups in total. The van der Waals surface area contributed by atoms with Crippen molar-refractivity contribution in [1.29, 1.82) is 0 Å². The topological polar surface area (TPSA) is 73.3 Å². The SMILES string of the molecule is CCOc1ccc(C2=C(N3CCN(CCO)CC3)C(=O)N(c3ccccc3)C2=O)cc1. The normalized spacial score (nSPS) is 17.6. The molecule has 1 fully saturated rings. The molecule has 0 atom stereocenters. The van der Waals surface area contributed by atoms with Crippen LogP contribution in [0.15, 0.2) is 60.3 Å². The standard InChI is InChI=1S/C24H27N3O4/c1-2-31-20-10-8-18(9-11-20)21-22(26-14-12-25(13-15-26)16-17-28)24(30)27(23(21)29)19-6-4-3-5-7-19/h3-11,28H,2,12-17H2,1H3. The van der Waals surface area contributed by atoms with Crippen molar-refractivity contribution in [3.8, 4) is 5.75 Å². The van der Waals surface area contributed by atoms with Crippen LogP contribution < -0.4 is 9.64 Å². The number of benzene rings is 2. The zero-order valence-electron chi connectivity index (χ0n) is 17.7. The summed E-state index contributed by atoms with van der Waals surface area (Å²) in [7, 11) is 0. The van der Waals surface area contributed by atoms with Crippen molar-refractivity contribution in [1.82, 2.24) is 9.80 Å². The largest absolute Gasteiger partial charge is 0.494 e. The van der Waals surface area contributed by atoms with E-state index < -0.39 is 0 Å². The number of nitrogens with zero attached hydrogens (tertiary/aromatic N) is 3. The smallest absolute Gasteiger partial charge is 0.282 e. The molecule has 4 rings (SSSR count). The fraction of sp³-hybridized carbons (Fsp3) is 0.333. The van der Waals surface area contributed by atoms with Gasteiger partial charge in [-0.3, -0.25) is 14.5 Å². The van der Waals surface area contributed by atoms with E-state index >= 15 is 0 Å². The summed E-state index contributed by atoms with van der Waals surface area (Å²) in [5.41, 5.74) is 2.14. The predicted octanol–water partition coefficient (Wildman–Crippen LogP) is 1.98. The summed E-state index contributed by atoms with van der Waals surface area (Å²) < 4.78 is 5.53. The highest BCUT2D eigenvalue weighted by Crippen LogP contribution is 2.35. The van der Waals surface area contributed by atoms with Crippen LogP contribution in [0.5, 0.6) is 5.75 Å². The number of β-amino-alcohol motifs (C(OH)–C–C–N with tert-alkyl or cyclic N) is 1. The Kier molecular flexibility index (Phi) is 6.34. The minimum Gasteiger partial charge on any atom is -0.494 e. The second-order valence-electron chi connectivity index (χ2n) is 7.51. The highest BCUT2D eigenvalue weighted by atomic mass is 16.5. The highest BCUT2D eigenvalue weighted by Gasteiger charge is 2.42. The maximum absolute atomic E-state index is 13.5. The molecule has 7 nitrogen and oxygen atoms in total. The number of piperazine rings is 1. The lowest BCUT2D eigenvalue weighted by molar-refractivity contribution is -0.120. The quantitative estimate of drug-likeness (QED) is 0.690. The van der Waals surface area contributed by atoms with E-state index in [1.165, 1.54) is 4.90 Å². The van der Waals surface area contributed by atoms with E-state index in [1.807, 2.05) is 54.3 Å². The maximum atomic E-state index is 13.5. The van der Waals surface area contributed by atoms with Gasteiger partial charge >= 0.3 is 0 Å². The van der Waals surface area contributed by atoms with Crippen molar-refractivity contribution in [3.05, 3.63) is 65.9 Å². The number of rotatable bonds is 7. The molecule has 0 aromatic heterocycles. The Labute approximate surface area is 182 Å². The number of aliphatic hydroxyl groups excluding tert-OH is 1.